The van der Waals surface area contributed by atoms with Gasteiger partial charge in [0.05, 0.1) is 4.92 Å². The summed E-state index contributed by atoms with van der Waals surface area (Å²) in [5.74, 6) is -0.233. The smallest absolute Gasteiger partial charge is 0.302 e. The lowest BCUT2D eigenvalue weighted by Crippen LogP contribution is -2.14. The van der Waals surface area contributed by atoms with Crippen molar-refractivity contribution in [1.29, 1.82) is 0 Å². The van der Waals surface area contributed by atoms with Gasteiger partial charge in [-0.25, -0.2) is 4.98 Å². The minimum absolute atomic E-state index is 0.181. The Kier molecular flexibility index (Phi) is 4.76. The Morgan fingerprint density at radius 3 is 2.81 bits per heavy atom. The van der Waals surface area contributed by atoms with Crippen molar-refractivity contribution in [2.24, 2.45) is 10.9 Å². The maximum Gasteiger partial charge on any atom is 0.302 e. The van der Waals surface area contributed by atoms with Gasteiger partial charge in [-0.3, -0.25) is 10.1 Å². The minimum atomic E-state index is -0.555. The molecular formula is C12H9BrN4O3S. The van der Waals surface area contributed by atoms with E-state index in [1.165, 1.54) is 12.3 Å². The summed E-state index contributed by atoms with van der Waals surface area (Å²) < 4.78 is 0.812. The number of benzene rings is 1. The number of aromatic nitrogens is 1. The van der Waals surface area contributed by atoms with Crippen LogP contribution in [0, 0.1) is 10.1 Å². The number of hydrogen-bond acceptors (Lipinski definition) is 6. The molecule has 0 saturated heterocycles. The molecule has 108 valence electrons. The normalized spacial score (nSPS) is 11.4. The van der Waals surface area contributed by atoms with Crippen LogP contribution in [-0.4, -0.2) is 21.0 Å². The number of oxime groups is 1. The van der Waals surface area contributed by atoms with Crippen molar-refractivity contribution in [2.75, 3.05) is 0 Å². The molecule has 0 bridgehead atoms. The van der Waals surface area contributed by atoms with Crippen LogP contribution in [0.3, 0.4) is 0 Å². The van der Waals surface area contributed by atoms with Crippen LogP contribution >= 0.6 is 27.7 Å². The molecule has 0 saturated carbocycles. The van der Waals surface area contributed by atoms with Gasteiger partial charge in [0, 0.05) is 27.2 Å². The summed E-state index contributed by atoms with van der Waals surface area (Å²) in [6.45, 7) is 0. The Morgan fingerprint density at radius 1 is 1.48 bits per heavy atom. The van der Waals surface area contributed by atoms with Crippen molar-refractivity contribution >= 4 is 39.2 Å². The van der Waals surface area contributed by atoms with Crippen LogP contribution < -0.4 is 5.73 Å². The number of pyridine rings is 1. The third-order valence-electron chi connectivity index (χ3n) is 2.48. The average molecular weight is 369 g/mol. The fourth-order valence-corrected chi connectivity index (χ4v) is 2.87. The third-order valence-corrected chi connectivity index (χ3v) is 4.51. The zero-order chi connectivity index (χ0) is 15.4. The minimum Gasteiger partial charge on any atom is -0.409 e. The maximum atomic E-state index is 11.2. The van der Waals surface area contributed by atoms with Crippen molar-refractivity contribution in [3.8, 4) is 0 Å². The Labute approximate surface area is 132 Å². The summed E-state index contributed by atoms with van der Waals surface area (Å²) in [5.41, 5.74) is 5.39. The molecule has 2 rings (SSSR count). The molecule has 0 radical (unpaired) electrons. The molecule has 0 amide bonds. The van der Waals surface area contributed by atoms with E-state index in [1.54, 1.807) is 0 Å². The largest absolute Gasteiger partial charge is 0.409 e. The van der Waals surface area contributed by atoms with Crippen LogP contribution in [0.1, 0.15) is 5.56 Å². The van der Waals surface area contributed by atoms with E-state index in [0.29, 0.717) is 0 Å². The predicted molar refractivity (Wildman–Crippen MR) is 81.7 cm³/mol. The molecule has 0 spiro atoms. The molecule has 1 aromatic heterocycles. The van der Waals surface area contributed by atoms with Gasteiger partial charge >= 0.3 is 5.69 Å². The molecule has 0 fully saturated rings. The van der Waals surface area contributed by atoms with E-state index in [2.05, 4.69) is 26.1 Å². The molecule has 9 heteroatoms. The van der Waals surface area contributed by atoms with Gasteiger partial charge in [0.25, 0.3) is 0 Å². The molecule has 0 aliphatic carbocycles. The molecule has 0 unspecified atom stereocenters. The average Bonchev–Trinajstić information content (AvgIpc) is 2.49. The predicted octanol–water partition coefficient (Wildman–Crippen LogP) is 3.00. The van der Waals surface area contributed by atoms with Gasteiger partial charge in [-0.2, -0.15) is 0 Å². The molecule has 0 aliphatic rings. The first-order chi connectivity index (χ1) is 10.0. The highest BCUT2D eigenvalue weighted by molar-refractivity contribution is 9.10. The summed E-state index contributed by atoms with van der Waals surface area (Å²) >= 11 is 4.53. The molecule has 1 heterocycles. The lowest BCUT2D eigenvalue weighted by molar-refractivity contribution is -0.388. The second-order valence-electron chi connectivity index (χ2n) is 3.82. The van der Waals surface area contributed by atoms with Crippen LogP contribution in [-0.2, 0) is 0 Å². The fraction of sp³-hybridized carbons (Fsp3) is 0. The molecule has 2 aromatic rings. The highest BCUT2D eigenvalue weighted by atomic mass is 79.9. The second kappa shape index (κ2) is 6.55. The number of nitrogens with two attached hydrogens (primary N) is 1. The van der Waals surface area contributed by atoms with Crippen molar-refractivity contribution in [3.05, 3.63) is 56.7 Å². The summed E-state index contributed by atoms with van der Waals surface area (Å²) in [4.78, 5) is 15.4. The van der Waals surface area contributed by atoms with Gasteiger partial charge in [0.1, 0.15) is 0 Å². The molecule has 7 nitrogen and oxygen atoms in total. The van der Waals surface area contributed by atoms with Gasteiger partial charge in [0.2, 0.25) is 0 Å². The van der Waals surface area contributed by atoms with Crippen LogP contribution in [0.25, 0.3) is 0 Å². The van der Waals surface area contributed by atoms with E-state index in [1.807, 2.05) is 24.3 Å². The van der Waals surface area contributed by atoms with E-state index in [9.17, 15) is 10.1 Å². The fourth-order valence-electron chi connectivity index (χ4n) is 1.48. The number of halogens is 1. The van der Waals surface area contributed by atoms with Crippen molar-refractivity contribution < 1.29 is 10.1 Å². The first-order valence-electron chi connectivity index (χ1n) is 5.57. The van der Waals surface area contributed by atoms with Crippen molar-refractivity contribution in [2.45, 2.75) is 9.92 Å². The molecule has 3 N–H and O–H groups in total. The van der Waals surface area contributed by atoms with E-state index < -0.39 is 4.92 Å². The lowest BCUT2D eigenvalue weighted by atomic mass is 10.2. The molecule has 0 atom stereocenters. The number of nitro groups is 1. The highest BCUT2D eigenvalue weighted by Gasteiger charge is 2.19. The van der Waals surface area contributed by atoms with E-state index in [4.69, 9.17) is 10.9 Å². The molecular weight excluding hydrogens is 360 g/mol. The Morgan fingerprint density at radius 2 is 2.19 bits per heavy atom. The molecule has 1 aromatic carbocycles. The first-order valence-corrected chi connectivity index (χ1v) is 7.18. The highest BCUT2D eigenvalue weighted by Crippen LogP contribution is 2.36. The SMILES string of the molecule is N/C(=N/O)c1cnc(Sc2ccccc2Br)c([N+](=O)[O-])c1. The number of amidine groups is 1. The third kappa shape index (κ3) is 3.50. The van der Waals surface area contributed by atoms with Crippen LogP contribution in [0.5, 0.6) is 0 Å². The molecule has 0 aliphatic heterocycles. The lowest BCUT2D eigenvalue weighted by Gasteiger charge is -2.05. The van der Waals surface area contributed by atoms with Crippen molar-refractivity contribution in [1.82, 2.24) is 4.98 Å². The molecule has 21 heavy (non-hydrogen) atoms. The van der Waals surface area contributed by atoms with Gasteiger partial charge in [-0.1, -0.05) is 29.1 Å². The number of rotatable bonds is 4. The van der Waals surface area contributed by atoms with Gasteiger partial charge < -0.3 is 10.9 Å². The topological polar surface area (TPSA) is 115 Å². The zero-order valence-corrected chi connectivity index (χ0v) is 12.8. The van der Waals surface area contributed by atoms with Crippen LogP contribution in [0.4, 0.5) is 5.69 Å². The van der Waals surface area contributed by atoms with E-state index in [-0.39, 0.29) is 22.1 Å². The zero-order valence-electron chi connectivity index (χ0n) is 10.4. The monoisotopic (exact) mass is 368 g/mol. The standard InChI is InChI=1S/C12H9BrN4O3S/c13-8-3-1-2-4-10(8)21-12-9(17(19)20)5-7(6-15-12)11(14)16-18/h1-6,18H,(H2,14,16). The van der Waals surface area contributed by atoms with Crippen LogP contribution in [0.15, 0.2) is 56.1 Å². The first kappa shape index (κ1) is 15.3. The van der Waals surface area contributed by atoms with E-state index in [0.717, 1.165) is 21.1 Å². The Hall–Kier alpha value is -2.13. The summed E-state index contributed by atoms with van der Waals surface area (Å²) in [7, 11) is 0. The van der Waals surface area contributed by atoms with Crippen LogP contribution in [0.2, 0.25) is 0 Å². The number of nitrogens with zero attached hydrogens (tertiary/aromatic N) is 3. The number of hydrogen-bond donors (Lipinski definition) is 2. The summed E-state index contributed by atoms with van der Waals surface area (Å²) in [6, 6.07) is 8.54. The van der Waals surface area contributed by atoms with Crippen molar-refractivity contribution in [3.63, 3.8) is 0 Å². The van der Waals surface area contributed by atoms with Gasteiger partial charge in [0.15, 0.2) is 10.9 Å². The Bertz CT molecular complexity index is 723. The summed E-state index contributed by atoms with van der Waals surface area (Å²) in [6.07, 6.45) is 1.32. The van der Waals surface area contributed by atoms with Gasteiger partial charge in [-0.15, -0.1) is 0 Å². The second-order valence-corrected chi connectivity index (χ2v) is 5.71. The Balaban J connectivity index is 2.44. The summed E-state index contributed by atoms with van der Waals surface area (Å²) in [5, 5.41) is 22.8. The van der Waals surface area contributed by atoms with Gasteiger partial charge in [-0.05, 0) is 28.1 Å². The quantitative estimate of drug-likeness (QED) is 0.282. The van der Waals surface area contributed by atoms with E-state index >= 15 is 0 Å². The maximum absolute atomic E-state index is 11.2.